The molecule has 13 heavy (non-hydrogen) atoms. The average molecular weight is 198 g/mol. The van der Waals surface area contributed by atoms with E-state index in [9.17, 15) is 4.79 Å². The lowest BCUT2D eigenvalue weighted by Gasteiger charge is -2.18. The van der Waals surface area contributed by atoms with Gasteiger partial charge in [0.15, 0.2) is 11.4 Å². The molecule has 0 aliphatic heterocycles. The summed E-state index contributed by atoms with van der Waals surface area (Å²) in [6, 6.07) is 0. The second-order valence-corrected chi connectivity index (χ2v) is 3.78. The highest BCUT2D eigenvalue weighted by Gasteiger charge is 2.07. The summed E-state index contributed by atoms with van der Waals surface area (Å²) in [6.45, 7) is 6.18. The van der Waals surface area contributed by atoms with Gasteiger partial charge in [-0.15, -0.1) is 0 Å². The Bertz CT molecular complexity index is 272. The van der Waals surface area contributed by atoms with E-state index in [0.29, 0.717) is 4.88 Å². The fourth-order valence-corrected chi connectivity index (χ4v) is 1.96. The third kappa shape index (κ3) is 2.52. The molecule has 0 atom stereocenters. The summed E-state index contributed by atoms with van der Waals surface area (Å²) in [5, 5.41) is 0.950. The molecular formula is C9H14N2OS. The molecule has 0 aliphatic carbocycles. The van der Waals surface area contributed by atoms with Crippen molar-refractivity contribution < 1.29 is 4.79 Å². The van der Waals surface area contributed by atoms with Gasteiger partial charge in [0, 0.05) is 13.1 Å². The van der Waals surface area contributed by atoms with Gasteiger partial charge in [-0.05, 0) is 13.3 Å². The quantitative estimate of drug-likeness (QED) is 0.680. The van der Waals surface area contributed by atoms with Crippen LogP contribution in [-0.4, -0.2) is 24.4 Å². The molecule has 0 fully saturated rings. The van der Waals surface area contributed by atoms with E-state index >= 15 is 0 Å². The van der Waals surface area contributed by atoms with E-state index in [4.69, 9.17) is 0 Å². The fraction of sp³-hybridized carbons (Fsp3) is 0.556. The monoisotopic (exact) mass is 198 g/mol. The number of carbonyl (C=O) groups is 1. The summed E-state index contributed by atoms with van der Waals surface area (Å²) in [7, 11) is 0. The van der Waals surface area contributed by atoms with Crippen LogP contribution in [0.4, 0.5) is 5.13 Å². The lowest BCUT2D eigenvalue weighted by atomic mass is 10.4. The number of anilines is 1. The van der Waals surface area contributed by atoms with Gasteiger partial charge < -0.3 is 4.90 Å². The molecule has 1 aromatic rings. The number of rotatable bonds is 5. The van der Waals surface area contributed by atoms with Crippen LogP contribution in [0.1, 0.15) is 29.9 Å². The van der Waals surface area contributed by atoms with Crippen LogP contribution in [0.15, 0.2) is 6.20 Å². The van der Waals surface area contributed by atoms with Gasteiger partial charge in [0.2, 0.25) is 0 Å². The SMILES string of the molecule is CCCN(CC)c1ncc(C=O)s1. The van der Waals surface area contributed by atoms with Gasteiger partial charge >= 0.3 is 0 Å². The van der Waals surface area contributed by atoms with Crippen molar-refractivity contribution in [1.29, 1.82) is 0 Å². The maximum atomic E-state index is 10.4. The van der Waals surface area contributed by atoms with Crippen LogP contribution < -0.4 is 4.90 Å². The van der Waals surface area contributed by atoms with Crippen molar-refractivity contribution in [1.82, 2.24) is 4.98 Å². The lowest BCUT2D eigenvalue weighted by molar-refractivity contribution is 0.112. The Labute approximate surface area is 82.4 Å². The van der Waals surface area contributed by atoms with Crippen LogP contribution in [0.5, 0.6) is 0 Å². The van der Waals surface area contributed by atoms with Crippen LogP contribution in [-0.2, 0) is 0 Å². The van der Waals surface area contributed by atoms with Crippen molar-refractivity contribution in [2.75, 3.05) is 18.0 Å². The highest BCUT2D eigenvalue weighted by Crippen LogP contribution is 2.20. The molecule has 0 N–H and O–H groups in total. The smallest absolute Gasteiger partial charge is 0.185 e. The number of aldehydes is 1. The molecule has 1 rings (SSSR count). The Morgan fingerprint density at radius 3 is 2.85 bits per heavy atom. The highest BCUT2D eigenvalue weighted by atomic mass is 32.1. The summed E-state index contributed by atoms with van der Waals surface area (Å²) < 4.78 is 0. The van der Waals surface area contributed by atoms with Crippen molar-refractivity contribution in [3.63, 3.8) is 0 Å². The minimum absolute atomic E-state index is 0.699. The molecule has 0 amide bonds. The van der Waals surface area contributed by atoms with Crippen LogP contribution in [0.2, 0.25) is 0 Å². The Balaban J connectivity index is 2.72. The molecule has 0 bridgehead atoms. The molecule has 0 saturated carbocycles. The first-order valence-corrected chi connectivity index (χ1v) is 5.29. The summed E-state index contributed by atoms with van der Waals surface area (Å²) >= 11 is 1.45. The molecule has 72 valence electrons. The zero-order valence-electron chi connectivity index (χ0n) is 7.99. The Morgan fingerprint density at radius 1 is 1.62 bits per heavy atom. The summed E-state index contributed by atoms with van der Waals surface area (Å²) in [4.78, 5) is 17.5. The van der Waals surface area contributed by atoms with Crippen molar-refractivity contribution >= 4 is 22.8 Å². The number of hydrogen-bond acceptors (Lipinski definition) is 4. The number of carbonyl (C=O) groups excluding carboxylic acids is 1. The molecule has 0 saturated heterocycles. The van der Waals surface area contributed by atoms with Crippen molar-refractivity contribution in [2.45, 2.75) is 20.3 Å². The van der Waals surface area contributed by atoms with Crippen molar-refractivity contribution in [3.05, 3.63) is 11.1 Å². The first-order chi connectivity index (χ1) is 6.31. The van der Waals surface area contributed by atoms with Gasteiger partial charge in [-0.2, -0.15) is 0 Å². The van der Waals surface area contributed by atoms with Crippen LogP contribution >= 0.6 is 11.3 Å². The van der Waals surface area contributed by atoms with Crippen LogP contribution in [0.25, 0.3) is 0 Å². The van der Waals surface area contributed by atoms with E-state index in [0.717, 1.165) is 30.9 Å². The molecule has 0 aromatic carbocycles. The minimum Gasteiger partial charge on any atom is -0.348 e. The molecule has 1 heterocycles. The second kappa shape index (κ2) is 4.97. The maximum Gasteiger partial charge on any atom is 0.185 e. The standard InChI is InChI=1S/C9H14N2OS/c1-3-5-11(4-2)9-10-6-8(7-12)13-9/h6-7H,3-5H2,1-2H3. The van der Waals surface area contributed by atoms with Gasteiger partial charge in [0.1, 0.15) is 0 Å². The van der Waals surface area contributed by atoms with E-state index in [1.165, 1.54) is 11.3 Å². The summed E-state index contributed by atoms with van der Waals surface area (Å²) in [6.07, 6.45) is 3.58. The zero-order chi connectivity index (χ0) is 9.68. The summed E-state index contributed by atoms with van der Waals surface area (Å²) in [5.74, 6) is 0. The maximum absolute atomic E-state index is 10.4. The number of hydrogen-bond donors (Lipinski definition) is 0. The zero-order valence-corrected chi connectivity index (χ0v) is 8.80. The van der Waals surface area contributed by atoms with E-state index in [1.54, 1.807) is 6.20 Å². The average Bonchev–Trinajstić information content (AvgIpc) is 2.62. The highest BCUT2D eigenvalue weighted by molar-refractivity contribution is 7.17. The Hall–Kier alpha value is -0.900. The van der Waals surface area contributed by atoms with Gasteiger partial charge in [0.25, 0.3) is 0 Å². The van der Waals surface area contributed by atoms with Crippen LogP contribution in [0, 0.1) is 0 Å². The van der Waals surface area contributed by atoms with Crippen LogP contribution in [0.3, 0.4) is 0 Å². The van der Waals surface area contributed by atoms with Crippen molar-refractivity contribution in [3.8, 4) is 0 Å². The summed E-state index contributed by atoms with van der Waals surface area (Å²) in [5.41, 5.74) is 0. The molecule has 0 spiro atoms. The molecule has 0 unspecified atom stereocenters. The molecule has 0 aliphatic rings. The molecular weight excluding hydrogens is 184 g/mol. The third-order valence-corrected chi connectivity index (χ3v) is 2.76. The van der Waals surface area contributed by atoms with E-state index in [-0.39, 0.29) is 0 Å². The minimum atomic E-state index is 0.699. The van der Waals surface area contributed by atoms with Gasteiger partial charge in [-0.3, -0.25) is 4.79 Å². The predicted molar refractivity (Wildman–Crippen MR) is 55.7 cm³/mol. The molecule has 3 nitrogen and oxygen atoms in total. The first-order valence-electron chi connectivity index (χ1n) is 4.47. The van der Waals surface area contributed by atoms with E-state index in [1.807, 2.05) is 0 Å². The lowest BCUT2D eigenvalue weighted by Crippen LogP contribution is -2.22. The first kappa shape index (κ1) is 10.2. The van der Waals surface area contributed by atoms with Gasteiger partial charge in [-0.25, -0.2) is 4.98 Å². The normalized spacial score (nSPS) is 10.0. The predicted octanol–water partition coefficient (Wildman–Crippen LogP) is 2.19. The second-order valence-electron chi connectivity index (χ2n) is 2.74. The third-order valence-electron chi connectivity index (χ3n) is 1.77. The molecule has 4 heteroatoms. The van der Waals surface area contributed by atoms with Gasteiger partial charge in [-0.1, -0.05) is 18.3 Å². The van der Waals surface area contributed by atoms with E-state index < -0.39 is 0 Å². The molecule has 0 radical (unpaired) electrons. The number of aromatic nitrogens is 1. The van der Waals surface area contributed by atoms with E-state index in [2.05, 4.69) is 23.7 Å². The fourth-order valence-electron chi connectivity index (χ4n) is 1.14. The Kier molecular flexibility index (Phi) is 3.89. The van der Waals surface area contributed by atoms with Crippen molar-refractivity contribution in [2.24, 2.45) is 0 Å². The Morgan fingerprint density at radius 2 is 2.38 bits per heavy atom. The number of thiazole rings is 1. The topological polar surface area (TPSA) is 33.2 Å². The van der Waals surface area contributed by atoms with Gasteiger partial charge in [0.05, 0.1) is 11.1 Å². The largest absolute Gasteiger partial charge is 0.348 e. The molecule has 1 aromatic heterocycles. The number of nitrogens with zero attached hydrogens (tertiary/aromatic N) is 2.